The van der Waals surface area contributed by atoms with Crippen LogP contribution in [0, 0.1) is 18.6 Å². The number of nitrogens with one attached hydrogen (secondary N) is 2. The van der Waals surface area contributed by atoms with E-state index in [0.29, 0.717) is 16.9 Å². The summed E-state index contributed by atoms with van der Waals surface area (Å²) in [7, 11) is 0. The van der Waals surface area contributed by atoms with E-state index in [2.05, 4.69) is 10.6 Å². The minimum Gasteiger partial charge on any atom is -0.376 e. The summed E-state index contributed by atoms with van der Waals surface area (Å²) < 4.78 is 26.0. The van der Waals surface area contributed by atoms with E-state index < -0.39 is 5.82 Å². The minimum atomic E-state index is -0.412. The third-order valence-corrected chi connectivity index (χ3v) is 2.72. The Kier molecular flexibility index (Phi) is 4.30. The Hall–Kier alpha value is -2.43. The van der Waals surface area contributed by atoms with Gasteiger partial charge in [0.15, 0.2) is 0 Å². The Balaban J connectivity index is 1.90. The zero-order chi connectivity index (χ0) is 14.5. The van der Waals surface area contributed by atoms with E-state index >= 15 is 0 Å². The first-order chi connectivity index (χ1) is 9.54. The molecule has 0 radical (unpaired) electrons. The highest BCUT2D eigenvalue weighted by Crippen LogP contribution is 2.13. The number of anilines is 2. The molecule has 1 amide bonds. The van der Waals surface area contributed by atoms with E-state index in [0.717, 1.165) is 0 Å². The van der Waals surface area contributed by atoms with E-state index in [1.165, 1.54) is 24.3 Å². The van der Waals surface area contributed by atoms with Crippen molar-refractivity contribution in [2.45, 2.75) is 6.92 Å². The van der Waals surface area contributed by atoms with E-state index in [-0.39, 0.29) is 18.3 Å². The minimum absolute atomic E-state index is 0.0155. The van der Waals surface area contributed by atoms with Crippen LogP contribution in [0.2, 0.25) is 0 Å². The first kappa shape index (κ1) is 14.0. The second-order valence-electron chi connectivity index (χ2n) is 4.38. The molecule has 0 bridgehead atoms. The average Bonchev–Trinajstić information content (AvgIpc) is 2.40. The molecule has 5 heteroatoms. The van der Waals surface area contributed by atoms with Gasteiger partial charge in [-0.1, -0.05) is 6.07 Å². The molecule has 0 unspecified atom stereocenters. The van der Waals surface area contributed by atoms with Crippen LogP contribution in [0.4, 0.5) is 20.2 Å². The lowest BCUT2D eigenvalue weighted by atomic mass is 10.2. The molecule has 20 heavy (non-hydrogen) atoms. The van der Waals surface area contributed by atoms with Gasteiger partial charge >= 0.3 is 0 Å². The highest BCUT2D eigenvalue weighted by atomic mass is 19.1. The van der Waals surface area contributed by atoms with Crippen molar-refractivity contribution in [3.8, 4) is 0 Å². The van der Waals surface area contributed by atoms with Crippen LogP contribution in [0.1, 0.15) is 5.56 Å². The highest BCUT2D eigenvalue weighted by Gasteiger charge is 2.04. The van der Waals surface area contributed by atoms with Crippen molar-refractivity contribution in [1.82, 2.24) is 0 Å². The Bertz CT molecular complexity index is 629. The van der Waals surface area contributed by atoms with Crippen molar-refractivity contribution in [2.24, 2.45) is 0 Å². The Labute approximate surface area is 115 Å². The van der Waals surface area contributed by atoms with E-state index in [9.17, 15) is 13.6 Å². The summed E-state index contributed by atoms with van der Waals surface area (Å²) in [6.45, 7) is 1.66. The average molecular weight is 276 g/mol. The molecule has 2 N–H and O–H groups in total. The molecular weight excluding hydrogens is 262 g/mol. The fourth-order valence-electron chi connectivity index (χ4n) is 1.71. The molecule has 104 valence electrons. The summed E-state index contributed by atoms with van der Waals surface area (Å²) in [4.78, 5) is 11.7. The zero-order valence-electron chi connectivity index (χ0n) is 10.9. The second kappa shape index (κ2) is 6.14. The quantitative estimate of drug-likeness (QED) is 0.899. The largest absolute Gasteiger partial charge is 0.376 e. The standard InChI is InChI=1S/C15H14F2N2O/c1-10-7-12(5-6-14(10)17)18-9-15(20)19-13-4-2-3-11(16)8-13/h2-8,18H,9H2,1H3,(H,19,20). The molecule has 0 aliphatic carbocycles. The van der Waals surface area contributed by atoms with Crippen molar-refractivity contribution >= 4 is 17.3 Å². The summed E-state index contributed by atoms with van der Waals surface area (Å²) in [6, 6.07) is 10.2. The van der Waals surface area contributed by atoms with E-state index in [1.54, 1.807) is 25.1 Å². The molecule has 0 atom stereocenters. The number of amides is 1. The van der Waals surface area contributed by atoms with Gasteiger partial charge in [-0.3, -0.25) is 4.79 Å². The molecule has 0 saturated carbocycles. The number of carbonyl (C=O) groups excluding carboxylic acids is 1. The number of rotatable bonds is 4. The van der Waals surface area contributed by atoms with Crippen LogP contribution in [0.5, 0.6) is 0 Å². The van der Waals surface area contributed by atoms with E-state index in [1.807, 2.05) is 0 Å². The van der Waals surface area contributed by atoms with Crippen molar-refractivity contribution in [3.05, 3.63) is 59.7 Å². The molecule has 0 spiro atoms. The van der Waals surface area contributed by atoms with Crippen LogP contribution in [-0.4, -0.2) is 12.5 Å². The molecule has 0 saturated heterocycles. The number of hydrogen-bond donors (Lipinski definition) is 2. The van der Waals surface area contributed by atoms with Crippen LogP contribution < -0.4 is 10.6 Å². The van der Waals surface area contributed by atoms with Crippen molar-refractivity contribution < 1.29 is 13.6 Å². The highest BCUT2D eigenvalue weighted by molar-refractivity contribution is 5.93. The van der Waals surface area contributed by atoms with Gasteiger partial charge in [0.2, 0.25) is 5.91 Å². The number of benzene rings is 2. The maximum Gasteiger partial charge on any atom is 0.243 e. The maximum absolute atomic E-state index is 13.1. The van der Waals surface area contributed by atoms with Crippen LogP contribution in [0.15, 0.2) is 42.5 Å². The Morgan fingerprint density at radius 3 is 2.60 bits per heavy atom. The molecule has 3 nitrogen and oxygen atoms in total. The van der Waals surface area contributed by atoms with Crippen LogP contribution in [0.3, 0.4) is 0 Å². The van der Waals surface area contributed by atoms with Gasteiger partial charge in [0.05, 0.1) is 6.54 Å². The molecule has 2 aromatic carbocycles. The lowest BCUT2D eigenvalue weighted by Gasteiger charge is -2.08. The Morgan fingerprint density at radius 1 is 1.10 bits per heavy atom. The third-order valence-electron chi connectivity index (χ3n) is 2.72. The lowest BCUT2D eigenvalue weighted by molar-refractivity contribution is -0.114. The van der Waals surface area contributed by atoms with Crippen molar-refractivity contribution in [3.63, 3.8) is 0 Å². The first-order valence-electron chi connectivity index (χ1n) is 6.10. The normalized spacial score (nSPS) is 10.2. The smallest absolute Gasteiger partial charge is 0.243 e. The SMILES string of the molecule is Cc1cc(NCC(=O)Nc2cccc(F)c2)ccc1F. The van der Waals surface area contributed by atoms with Gasteiger partial charge in [0.25, 0.3) is 0 Å². The Morgan fingerprint density at radius 2 is 1.90 bits per heavy atom. The van der Waals surface area contributed by atoms with Gasteiger partial charge in [-0.05, 0) is 48.9 Å². The molecule has 0 fully saturated rings. The summed E-state index contributed by atoms with van der Waals surface area (Å²) in [5.41, 5.74) is 1.55. The van der Waals surface area contributed by atoms with Crippen LogP contribution in [0.25, 0.3) is 0 Å². The van der Waals surface area contributed by atoms with Crippen molar-refractivity contribution in [1.29, 1.82) is 0 Å². The zero-order valence-corrected chi connectivity index (χ0v) is 10.9. The number of hydrogen-bond acceptors (Lipinski definition) is 2. The number of carbonyl (C=O) groups is 1. The van der Waals surface area contributed by atoms with Crippen molar-refractivity contribution in [2.75, 3.05) is 17.2 Å². The van der Waals surface area contributed by atoms with Gasteiger partial charge in [-0.25, -0.2) is 8.78 Å². The van der Waals surface area contributed by atoms with Gasteiger partial charge in [0, 0.05) is 11.4 Å². The summed E-state index contributed by atoms with van der Waals surface area (Å²) in [6.07, 6.45) is 0. The van der Waals surface area contributed by atoms with Gasteiger partial charge in [0.1, 0.15) is 11.6 Å². The lowest BCUT2D eigenvalue weighted by Crippen LogP contribution is -2.21. The molecule has 0 aliphatic heterocycles. The van der Waals surface area contributed by atoms with E-state index in [4.69, 9.17) is 0 Å². The van der Waals surface area contributed by atoms with Gasteiger partial charge in [-0.15, -0.1) is 0 Å². The second-order valence-corrected chi connectivity index (χ2v) is 4.38. The molecule has 0 heterocycles. The molecule has 0 aliphatic rings. The van der Waals surface area contributed by atoms with Crippen LogP contribution >= 0.6 is 0 Å². The molecular formula is C15H14F2N2O. The third kappa shape index (κ3) is 3.78. The molecule has 0 aromatic heterocycles. The summed E-state index contributed by atoms with van der Waals surface area (Å²) >= 11 is 0. The topological polar surface area (TPSA) is 41.1 Å². The maximum atomic E-state index is 13.1. The summed E-state index contributed by atoms with van der Waals surface area (Å²) in [5.74, 6) is -1.01. The number of aryl methyl sites for hydroxylation is 1. The molecule has 2 rings (SSSR count). The predicted molar refractivity (Wildman–Crippen MR) is 74.7 cm³/mol. The van der Waals surface area contributed by atoms with Crippen LogP contribution in [-0.2, 0) is 4.79 Å². The summed E-state index contributed by atoms with van der Waals surface area (Å²) in [5, 5.41) is 5.44. The fourth-order valence-corrected chi connectivity index (χ4v) is 1.71. The first-order valence-corrected chi connectivity index (χ1v) is 6.10. The molecule has 2 aromatic rings. The predicted octanol–water partition coefficient (Wildman–Crippen LogP) is 3.32. The monoisotopic (exact) mass is 276 g/mol. The number of halogens is 2. The van der Waals surface area contributed by atoms with Gasteiger partial charge in [-0.2, -0.15) is 0 Å². The van der Waals surface area contributed by atoms with Gasteiger partial charge < -0.3 is 10.6 Å². The fraction of sp³-hybridized carbons (Fsp3) is 0.133.